The van der Waals surface area contributed by atoms with Gasteiger partial charge >= 0.3 is 125 Å². The summed E-state index contributed by atoms with van der Waals surface area (Å²) in [5.41, 5.74) is 0.513. The minimum absolute atomic E-state index is 0.0809. The molecule has 0 amide bonds. The van der Waals surface area contributed by atoms with Crippen molar-refractivity contribution < 1.29 is 9.59 Å². The molecule has 2 aromatic carbocycles. The Morgan fingerprint density at radius 3 is 2.10 bits per heavy atom. The quantitative estimate of drug-likeness (QED) is 0.461. The van der Waals surface area contributed by atoms with Gasteiger partial charge in [-0.25, -0.2) is 0 Å². The van der Waals surface area contributed by atoms with Gasteiger partial charge in [-0.1, -0.05) is 0 Å². The molecule has 4 rings (SSSR count). The van der Waals surface area contributed by atoms with Gasteiger partial charge in [-0.05, 0) is 0 Å². The number of ketones is 2. The van der Waals surface area contributed by atoms with E-state index in [0.29, 0.717) is 21.0 Å². The molecule has 0 N–H and O–H groups in total. The summed E-state index contributed by atoms with van der Waals surface area (Å²) >= 11 is -0.305. The summed E-state index contributed by atoms with van der Waals surface area (Å²) in [5, 5.41) is 0.553. The fourth-order valence-corrected chi connectivity index (χ4v) is 5.01. The molecular formula is C17H8O3Se. The maximum atomic E-state index is 12.6. The first-order valence-electron chi connectivity index (χ1n) is 6.43. The summed E-state index contributed by atoms with van der Waals surface area (Å²) in [7, 11) is 0. The van der Waals surface area contributed by atoms with Crippen molar-refractivity contribution in [3.8, 4) is 0 Å². The molecule has 0 spiro atoms. The van der Waals surface area contributed by atoms with Crippen molar-refractivity contribution in [1.29, 1.82) is 0 Å². The summed E-state index contributed by atoms with van der Waals surface area (Å²) in [4.78, 5) is 37.8. The monoisotopic (exact) mass is 340 g/mol. The van der Waals surface area contributed by atoms with Gasteiger partial charge in [0, 0.05) is 0 Å². The van der Waals surface area contributed by atoms with E-state index in [1.165, 1.54) is 0 Å². The molecule has 0 radical (unpaired) electrons. The number of carbonyl (C=O) groups excluding carboxylic acids is 2. The van der Waals surface area contributed by atoms with Crippen LogP contribution >= 0.6 is 0 Å². The number of benzene rings is 2. The fourth-order valence-electron chi connectivity index (χ4n) is 2.64. The van der Waals surface area contributed by atoms with Gasteiger partial charge in [0.15, 0.2) is 0 Å². The predicted octanol–water partition coefficient (Wildman–Crippen LogP) is 2.03. The number of rotatable bonds is 0. The van der Waals surface area contributed by atoms with Crippen LogP contribution in [0.2, 0.25) is 0 Å². The number of fused-ring (bicyclic) bond motifs is 3. The van der Waals surface area contributed by atoms with Crippen molar-refractivity contribution in [3.63, 3.8) is 0 Å². The topological polar surface area (TPSA) is 51.2 Å². The van der Waals surface area contributed by atoms with Gasteiger partial charge in [0.2, 0.25) is 0 Å². The molecular weight excluding hydrogens is 331 g/mol. The molecule has 3 aromatic rings. The van der Waals surface area contributed by atoms with Gasteiger partial charge < -0.3 is 0 Å². The van der Waals surface area contributed by atoms with Crippen molar-refractivity contribution in [2.24, 2.45) is 0 Å². The van der Waals surface area contributed by atoms with Crippen molar-refractivity contribution in [2.45, 2.75) is 0 Å². The molecule has 0 saturated heterocycles. The van der Waals surface area contributed by atoms with Crippen LogP contribution in [0.25, 0.3) is 9.65 Å². The van der Waals surface area contributed by atoms with Gasteiger partial charge in [-0.15, -0.1) is 0 Å². The van der Waals surface area contributed by atoms with Gasteiger partial charge in [0.25, 0.3) is 0 Å². The molecule has 1 aromatic heterocycles. The molecule has 0 fully saturated rings. The molecule has 1 aliphatic carbocycles. The van der Waals surface area contributed by atoms with Crippen molar-refractivity contribution in [3.05, 3.63) is 79.9 Å². The molecule has 3 nitrogen and oxygen atoms in total. The summed E-state index contributed by atoms with van der Waals surface area (Å²) < 4.78 is 1.27. The first-order valence-corrected chi connectivity index (χ1v) is 8.14. The fraction of sp³-hybridized carbons (Fsp3) is 0. The van der Waals surface area contributed by atoms with Crippen LogP contribution in [-0.2, 0) is 0 Å². The van der Waals surface area contributed by atoms with Crippen LogP contribution in [0.4, 0.5) is 0 Å². The maximum absolute atomic E-state index is 12.6. The second kappa shape index (κ2) is 4.35. The summed E-state index contributed by atoms with van der Waals surface area (Å²) in [5.74, 6) is -0.496. The Morgan fingerprint density at radius 2 is 1.33 bits per heavy atom. The second-order valence-electron chi connectivity index (χ2n) is 4.84. The molecule has 0 aliphatic heterocycles. The van der Waals surface area contributed by atoms with Crippen LogP contribution in [0.1, 0.15) is 30.7 Å². The van der Waals surface area contributed by atoms with Crippen LogP contribution < -0.4 is 5.43 Å². The number of hydrogen-bond donors (Lipinski definition) is 0. The summed E-state index contributed by atoms with van der Waals surface area (Å²) in [6, 6.07) is 13.9. The van der Waals surface area contributed by atoms with E-state index in [1.54, 1.807) is 36.4 Å². The predicted molar refractivity (Wildman–Crippen MR) is 80.5 cm³/mol. The second-order valence-corrected chi connectivity index (χ2v) is 7.04. The first kappa shape index (κ1) is 12.5. The van der Waals surface area contributed by atoms with E-state index < -0.39 is 0 Å². The average molecular weight is 339 g/mol. The third-order valence-corrected chi connectivity index (χ3v) is 6.10. The van der Waals surface area contributed by atoms with Gasteiger partial charge in [0.1, 0.15) is 0 Å². The van der Waals surface area contributed by atoms with E-state index >= 15 is 0 Å². The zero-order valence-corrected chi connectivity index (χ0v) is 12.5. The van der Waals surface area contributed by atoms with E-state index in [4.69, 9.17) is 0 Å². The third-order valence-electron chi connectivity index (χ3n) is 3.65. The molecule has 1 aliphatic rings. The first-order chi connectivity index (χ1) is 10.2. The zero-order valence-electron chi connectivity index (χ0n) is 10.8. The Kier molecular flexibility index (Phi) is 2.58. The molecule has 0 atom stereocenters. The molecule has 21 heavy (non-hydrogen) atoms. The molecule has 1 heterocycles. The normalized spacial score (nSPS) is 13.1. The number of hydrogen-bond acceptors (Lipinski definition) is 3. The van der Waals surface area contributed by atoms with E-state index in [1.807, 2.05) is 12.1 Å². The van der Waals surface area contributed by atoms with Crippen LogP contribution in [-0.4, -0.2) is 26.1 Å². The van der Waals surface area contributed by atoms with E-state index in [9.17, 15) is 14.4 Å². The van der Waals surface area contributed by atoms with Crippen molar-refractivity contribution >= 4 is 35.7 Å². The van der Waals surface area contributed by atoms with Gasteiger partial charge in [0.05, 0.1) is 0 Å². The van der Waals surface area contributed by atoms with E-state index in [2.05, 4.69) is 0 Å². The Labute approximate surface area is 125 Å². The van der Waals surface area contributed by atoms with Gasteiger partial charge in [-0.2, -0.15) is 0 Å². The Bertz CT molecular complexity index is 998. The van der Waals surface area contributed by atoms with Crippen LogP contribution in [0.3, 0.4) is 0 Å². The number of carbonyl (C=O) groups is 2. The van der Waals surface area contributed by atoms with Gasteiger partial charge in [-0.3, -0.25) is 0 Å². The molecule has 4 heteroatoms. The van der Waals surface area contributed by atoms with E-state index in [-0.39, 0.29) is 37.1 Å². The Balaban J connectivity index is 2.17. The Morgan fingerprint density at radius 1 is 0.714 bits per heavy atom. The standard InChI is InChI=1S/C17H8O3Se/c18-14-9-5-1-2-6-10(9)16(20)17-13(14)15(19)11-7-3-4-8-12(11)21-17/h1-8H. The van der Waals surface area contributed by atoms with Crippen LogP contribution in [0, 0.1) is 0 Å². The molecule has 0 saturated carbocycles. The molecule has 0 unspecified atom stereocenters. The zero-order chi connectivity index (χ0) is 14.6. The van der Waals surface area contributed by atoms with Crippen LogP contribution in [0.5, 0.6) is 0 Å². The van der Waals surface area contributed by atoms with Crippen molar-refractivity contribution in [1.82, 2.24) is 0 Å². The summed E-state index contributed by atoms with van der Waals surface area (Å²) in [6.45, 7) is 0. The SMILES string of the molecule is O=C1c2ccccc2C(=O)c2c1[se]c1ccccc1c2=O. The van der Waals surface area contributed by atoms with E-state index in [0.717, 1.165) is 4.26 Å². The van der Waals surface area contributed by atoms with Crippen LogP contribution in [0.15, 0.2) is 53.3 Å². The minimum atomic E-state index is -0.318. The molecule has 100 valence electrons. The average Bonchev–Trinajstić information content (AvgIpc) is 2.52. The summed E-state index contributed by atoms with van der Waals surface area (Å²) in [6.07, 6.45) is 0. The third kappa shape index (κ3) is 1.63. The Hall–Kier alpha value is -2.29. The van der Waals surface area contributed by atoms with Crippen molar-refractivity contribution in [2.75, 3.05) is 0 Å². The molecule has 0 bridgehead atoms.